The van der Waals surface area contributed by atoms with Crippen LogP contribution < -0.4 is 10.5 Å². The number of hydrogen-bond donors (Lipinski definition) is 0. The first kappa shape index (κ1) is 15.7. The highest BCUT2D eigenvalue weighted by Crippen LogP contribution is 2.38. The number of nitrogens with zero attached hydrogens (tertiary/aromatic N) is 5. The van der Waals surface area contributed by atoms with Gasteiger partial charge in [-0.3, -0.25) is 9.36 Å². The summed E-state index contributed by atoms with van der Waals surface area (Å²) in [4.78, 5) is 29.4. The summed E-state index contributed by atoms with van der Waals surface area (Å²) in [6.07, 6.45) is 5.46. The van der Waals surface area contributed by atoms with Gasteiger partial charge in [-0.05, 0) is 37.1 Å². The lowest BCUT2D eigenvalue weighted by Crippen LogP contribution is -2.21. The van der Waals surface area contributed by atoms with Gasteiger partial charge < -0.3 is 4.90 Å². The molecule has 8 heteroatoms. The van der Waals surface area contributed by atoms with E-state index in [4.69, 9.17) is 11.6 Å². The number of hydrogen-bond acceptors (Lipinski definition) is 6. The van der Waals surface area contributed by atoms with Crippen LogP contribution in [0.5, 0.6) is 0 Å². The van der Waals surface area contributed by atoms with E-state index in [0.717, 1.165) is 21.7 Å². The summed E-state index contributed by atoms with van der Waals surface area (Å²) in [6.45, 7) is 0. The van der Waals surface area contributed by atoms with Crippen LogP contribution in [0.3, 0.4) is 0 Å². The van der Waals surface area contributed by atoms with E-state index in [9.17, 15) is 4.79 Å². The van der Waals surface area contributed by atoms with Crippen LogP contribution in [0.15, 0.2) is 41.7 Å². The van der Waals surface area contributed by atoms with Gasteiger partial charge in [-0.15, -0.1) is 11.3 Å². The largest absolute Gasteiger partial charge is 0.356 e. The molecule has 130 valence electrons. The molecule has 3 heterocycles. The fourth-order valence-corrected chi connectivity index (χ4v) is 4.28. The minimum Gasteiger partial charge on any atom is -0.356 e. The Balaban J connectivity index is 1.76. The van der Waals surface area contributed by atoms with Crippen molar-refractivity contribution in [1.82, 2.24) is 19.5 Å². The molecule has 5 rings (SSSR count). The van der Waals surface area contributed by atoms with E-state index < -0.39 is 0 Å². The summed E-state index contributed by atoms with van der Waals surface area (Å²) in [5.74, 6) is 0.847. The van der Waals surface area contributed by atoms with Crippen molar-refractivity contribution in [2.24, 2.45) is 0 Å². The molecule has 1 saturated carbocycles. The third kappa shape index (κ3) is 2.39. The second-order valence-corrected chi connectivity index (χ2v) is 7.83. The molecule has 0 radical (unpaired) electrons. The van der Waals surface area contributed by atoms with Crippen molar-refractivity contribution >= 4 is 49.2 Å². The summed E-state index contributed by atoms with van der Waals surface area (Å²) in [5.41, 5.74) is 1.29. The second-order valence-electron chi connectivity index (χ2n) is 6.40. The van der Waals surface area contributed by atoms with E-state index in [1.807, 2.05) is 7.05 Å². The molecular weight excluding hydrogens is 370 g/mol. The molecule has 0 amide bonds. The van der Waals surface area contributed by atoms with Crippen molar-refractivity contribution in [3.8, 4) is 5.69 Å². The van der Waals surface area contributed by atoms with Crippen LogP contribution in [-0.2, 0) is 0 Å². The van der Waals surface area contributed by atoms with Crippen LogP contribution in [0, 0.1) is 0 Å². The highest BCUT2D eigenvalue weighted by molar-refractivity contribution is 7.25. The fraction of sp³-hybridized carbons (Fsp3) is 0.222. The Bertz CT molecular complexity index is 1200. The van der Waals surface area contributed by atoms with Crippen molar-refractivity contribution in [3.63, 3.8) is 0 Å². The molecule has 1 aliphatic rings. The van der Waals surface area contributed by atoms with Crippen molar-refractivity contribution in [2.45, 2.75) is 18.9 Å². The van der Waals surface area contributed by atoms with Crippen LogP contribution in [-0.4, -0.2) is 32.6 Å². The van der Waals surface area contributed by atoms with Gasteiger partial charge >= 0.3 is 0 Å². The third-order valence-electron chi connectivity index (χ3n) is 4.69. The van der Waals surface area contributed by atoms with Gasteiger partial charge in [-0.25, -0.2) is 15.0 Å². The van der Waals surface area contributed by atoms with E-state index in [1.165, 1.54) is 28.7 Å². The Labute approximate surface area is 157 Å². The average Bonchev–Trinajstić information content (AvgIpc) is 3.43. The molecule has 1 aliphatic carbocycles. The van der Waals surface area contributed by atoms with Crippen LogP contribution in [0.2, 0.25) is 5.02 Å². The Kier molecular flexibility index (Phi) is 3.48. The molecular formula is C18H14ClN5OS. The van der Waals surface area contributed by atoms with Gasteiger partial charge in [0.15, 0.2) is 0 Å². The van der Waals surface area contributed by atoms with Gasteiger partial charge in [-0.2, -0.15) is 0 Å². The third-order valence-corrected chi connectivity index (χ3v) is 6.02. The molecule has 26 heavy (non-hydrogen) atoms. The smallest absolute Gasteiger partial charge is 0.275 e. The zero-order valence-corrected chi connectivity index (χ0v) is 15.5. The van der Waals surface area contributed by atoms with Crippen molar-refractivity contribution in [1.29, 1.82) is 0 Å². The number of halogens is 1. The standard InChI is InChI=1S/C18H14ClN5OS/c1-23(11-6-7-11)16-13-14-15(26-17(13)21-8-20-16)18(25)24(9-22-14)12-4-2-10(19)3-5-12/h2-5,8-9,11H,6-7H2,1H3. The van der Waals surface area contributed by atoms with E-state index in [1.54, 1.807) is 36.9 Å². The van der Waals surface area contributed by atoms with E-state index in [2.05, 4.69) is 19.9 Å². The number of aromatic nitrogens is 4. The molecule has 1 fully saturated rings. The molecule has 0 bridgehead atoms. The second kappa shape index (κ2) is 5.75. The van der Waals surface area contributed by atoms with Gasteiger partial charge in [0.1, 0.15) is 33.5 Å². The molecule has 0 spiro atoms. The Morgan fingerprint density at radius 2 is 1.96 bits per heavy atom. The van der Waals surface area contributed by atoms with Gasteiger partial charge in [-0.1, -0.05) is 11.6 Å². The molecule has 1 aromatic carbocycles. The van der Waals surface area contributed by atoms with Gasteiger partial charge in [0.25, 0.3) is 5.56 Å². The van der Waals surface area contributed by atoms with E-state index >= 15 is 0 Å². The fourth-order valence-electron chi connectivity index (χ4n) is 3.14. The first-order valence-corrected chi connectivity index (χ1v) is 9.46. The quantitative estimate of drug-likeness (QED) is 0.540. The Hall–Kier alpha value is -2.51. The van der Waals surface area contributed by atoms with Crippen LogP contribution in [0.1, 0.15) is 12.8 Å². The maximum Gasteiger partial charge on any atom is 0.275 e. The summed E-state index contributed by atoms with van der Waals surface area (Å²) < 4.78 is 2.12. The zero-order valence-electron chi connectivity index (χ0n) is 13.9. The lowest BCUT2D eigenvalue weighted by molar-refractivity contribution is 0.895. The summed E-state index contributed by atoms with van der Waals surface area (Å²) in [5, 5.41) is 1.49. The molecule has 0 atom stereocenters. The van der Waals surface area contributed by atoms with E-state index in [-0.39, 0.29) is 5.56 Å². The Morgan fingerprint density at radius 1 is 1.19 bits per heavy atom. The van der Waals surface area contributed by atoms with Crippen molar-refractivity contribution in [3.05, 3.63) is 52.3 Å². The topological polar surface area (TPSA) is 63.9 Å². The molecule has 0 saturated heterocycles. The maximum atomic E-state index is 13.0. The van der Waals surface area contributed by atoms with Crippen molar-refractivity contribution in [2.75, 3.05) is 11.9 Å². The van der Waals surface area contributed by atoms with E-state index in [0.29, 0.717) is 21.3 Å². The first-order valence-electron chi connectivity index (χ1n) is 8.27. The van der Waals surface area contributed by atoms with Crippen LogP contribution >= 0.6 is 22.9 Å². The normalized spacial score (nSPS) is 14.2. The minimum atomic E-state index is -0.111. The van der Waals surface area contributed by atoms with Crippen molar-refractivity contribution < 1.29 is 0 Å². The highest BCUT2D eigenvalue weighted by Gasteiger charge is 2.29. The summed E-state index contributed by atoms with van der Waals surface area (Å²) in [6, 6.07) is 7.63. The van der Waals surface area contributed by atoms with Gasteiger partial charge in [0, 0.05) is 18.1 Å². The van der Waals surface area contributed by atoms with Gasteiger partial charge in [0.05, 0.1) is 11.1 Å². The zero-order chi connectivity index (χ0) is 17.8. The average molecular weight is 384 g/mol. The SMILES string of the molecule is CN(c1ncnc2sc3c(=O)n(-c4ccc(Cl)cc4)cnc3c12)C1CC1. The lowest BCUT2D eigenvalue weighted by Gasteiger charge is -2.17. The highest BCUT2D eigenvalue weighted by atomic mass is 35.5. The lowest BCUT2D eigenvalue weighted by atomic mass is 10.3. The molecule has 6 nitrogen and oxygen atoms in total. The summed E-state index contributed by atoms with van der Waals surface area (Å²) >= 11 is 7.31. The van der Waals surface area contributed by atoms with Gasteiger partial charge in [0.2, 0.25) is 0 Å². The number of rotatable bonds is 3. The minimum absolute atomic E-state index is 0.111. The molecule has 4 aromatic rings. The number of benzene rings is 1. The maximum absolute atomic E-state index is 13.0. The van der Waals surface area contributed by atoms with Crippen LogP contribution in [0.25, 0.3) is 26.1 Å². The number of fused-ring (bicyclic) bond motifs is 3. The number of thiophene rings is 1. The Morgan fingerprint density at radius 3 is 2.69 bits per heavy atom. The number of anilines is 1. The monoisotopic (exact) mass is 383 g/mol. The molecule has 3 aromatic heterocycles. The first-order chi connectivity index (χ1) is 12.6. The predicted octanol–water partition coefficient (Wildman–Crippen LogP) is 3.64. The molecule has 0 aliphatic heterocycles. The molecule has 0 unspecified atom stereocenters. The van der Waals surface area contributed by atoms with Crippen LogP contribution in [0.4, 0.5) is 5.82 Å². The summed E-state index contributed by atoms with van der Waals surface area (Å²) in [7, 11) is 2.04. The predicted molar refractivity (Wildman–Crippen MR) is 105 cm³/mol. The molecule has 0 N–H and O–H groups in total.